The normalized spacial score (nSPS) is 13.7. The monoisotopic (exact) mass is 403 g/mol. The first-order valence-corrected chi connectivity index (χ1v) is 8.96. The topological polar surface area (TPSA) is 44.7 Å². The van der Waals surface area contributed by atoms with E-state index in [-0.39, 0.29) is 11.7 Å². The lowest BCUT2D eigenvalue weighted by Gasteiger charge is -2.14. The van der Waals surface area contributed by atoms with Gasteiger partial charge in [-0.25, -0.2) is 4.39 Å². The molecule has 2 aromatic carbocycles. The summed E-state index contributed by atoms with van der Waals surface area (Å²) in [7, 11) is 0. The van der Waals surface area contributed by atoms with Crippen LogP contribution in [0.2, 0.25) is 0 Å². The van der Waals surface area contributed by atoms with Crippen LogP contribution in [0.1, 0.15) is 29.3 Å². The largest absolute Gasteiger partial charge is 0.352 e. The number of nitrogens with zero attached hydrogens (tertiary/aromatic N) is 2. The van der Waals surface area contributed by atoms with Gasteiger partial charge >= 0.3 is 0 Å². The van der Waals surface area contributed by atoms with Gasteiger partial charge in [-0.1, -0.05) is 6.07 Å². The summed E-state index contributed by atoms with van der Waals surface area (Å²) in [5.41, 5.74) is 3.69. The molecule has 0 saturated carbocycles. The Hall–Kier alpha value is -2.21. The maximum absolute atomic E-state index is 13.2. The van der Waals surface area contributed by atoms with Gasteiger partial charge in [0.15, 0.2) is 0 Å². The highest BCUT2D eigenvalue weighted by Crippen LogP contribution is 2.20. The van der Waals surface area contributed by atoms with Crippen molar-refractivity contribution < 1.29 is 9.18 Å². The Labute approximate surface area is 154 Å². The van der Waals surface area contributed by atoms with Crippen molar-refractivity contribution in [3.8, 4) is 0 Å². The SMILES string of the molecule is CC1=NN(c2ccc(C(=O)NCCc3ccc(F)c(Br)c3)cc2)CC1. The van der Waals surface area contributed by atoms with Crippen LogP contribution in [0.4, 0.5) is 10.1 Å². The molecule has 25 heavy (non-hydrogen) atoms. The molecule has 130 valence electrons. The van der Waals surface area contributed by atoms with Gasteiger partial charge in [0, 0.05) is 30.8 Å². The van der Waals surface area contributed by atoms with E-state index in [1.807, 2.05) is 36.2 Å². The fourth-order valence-corrected chi connectivity index (χ4v) is 3.09. The molecule has 6 heteroatoms. The molecule has 3 rings (SSSR count). The zero-order valence-corrected chi connectivity index (χ0v) is 15.5. The van der Waals surface area contributed by atoms with Crippen LogP contribution in [0.3, 0.4) is 0 Å². The minimum atomic E-state index is -0.287. The van der Waals surface area contributed by atoms with Crippen molar-refractivity contribution in [3.05, 3.63) is 63.9 Å². The van der Waals surface area contributed by atoms with E-state index in [2.05, 4.69) is 26.3 Å². The molecule has 4 nitrogen and oxygen atoms in total. The van der Waals surface area contributed by atoms with E-state index in [1.54, 1.807) is 12.1 Å². The molecule has 1 aliphatic rings. The number of carbonyl (C=O) groups excluding carboxylic acids is 1. The number of hydrogen-bond donors (Lipinski definition) is 1. The number of nitrogens with one attached hydrogen (secondary N) is 1. The van der Waals surface area contributed by atoms with Gasteiger partial charge in [0.1, 0.15) is 5.82 Å². The molecule has 0 aliphatic carbocycles. The molecular weight excluding hydrogens is 385 g/mol. The molecule has 0 atom stereocenters. The number of rotatable bonds is 5. The second kappa shape index (κ2) is 7.78. The quantitative estimate of drug-likeness (QED) is 0.814. The third-order valence-corrected chi connectivity index (χ3v) is 4.70. The molecule has 1 aliphatic heterocycles. The first-order chi connectivity index (χ1) is 12.0. The van der Waals surface area contributed by atoms with E-state index in [9.17, 15) is 9.18 Å². The van der Waals surface area contributed by atoms with E-state index >= 15 is 0 Å². The van der Waals surface area contributed by atoms with Crippen LogP contribution in [-0.2, 0) is 6.42 Å². The highest BCUT2D eigenvalue weighted by Gasteiger charge is 2.13. The third-order valence-electron chi connectivity index (χ3n) is 4.09. The second-order valence-corrected chi connectivity index (χ2v) is 6.86. The van der Waals surface area contributed by atoms with E-state index in [4.69, 9.17) is 0 Å². The van der Waals surface area contributed by atoms with Crippen molar-refractivity contribution in [1.29, 1.82) is 0 Å². The van der Waals surface area contributed by atoms with E-state index in [0.29, 0.717) is 23.0 Å². The van der Waals surface area contributed by atoms with Crippen molar-refractivity contribution in [2.75, 3.05) is 18.1 Å². The highest BCUT2D eigenvalue weighted by atomic mass is 79.9. The van der Waals surface area contributed by atoms with Crippen LogP contribution < -0.4 is 10.3 Å². The van der Waals surface area contributed by atoms with Crippen molar-refractivity contribution in [2.24, 2.45) is 5.10 Å². The Morgan fingerprint density at radius 3 is 2.68 bits per heavy atom. The molecule has 2 aromatic rings. The average molecular weight is 404 g/mol. The Morgan fingerprint density at radius 1 is 1.28 bits per heavy atom. The Morgan fingerprint density at radius 2 is 2.04 bits per heavy atom. The number of carbonyl (C=O) groups is 1. The Kier molecular flexibility index (Phi) is 5.48. The molecule has 1 N–H and O–H groups in total. The summed E-state index contributed by atoms with van der Waals surface area (Å²) in [4.78, 5) is 12.2. The van der Waals surface area contributed by atoms with Crippen LogP contribution in [0, 0.1) is 5.82 Å². The molecule has 0 bridgehead atoms. The maximum atomic E-state index is 13.2. The third kappa shape index (κ3) is 4.45. The highest BCUT2D eigenvalue weighted by molar-refractivity contribution is 9.10. The van der Waals surface area contributed by atoms with Gasteiger partial charge in [-0.2, -0.15) is 5.10 Å². The molecule has 0 spiro atoms. The predicted octanol–water partition coefficient (Wildman–Crippen LogP) is 4.15. The lowest BCUT2D eigenvalue weighted by Crippen LogP contribution is -2.25. The van der Waals surface area contributed by atoms with Gasteiger partial charge in [-0.15, -0.1) is 0 Å². The van der Waals surface area contributed by atoms with Crippen molar-refractivity contribution >= 4 is 33.2 Å². The molecule has 1 amide bonds. The fraction of sp³-hybridized carbons (Fsp3) is 0.263. The van der Waals surface area contributed by atoms with Crippen molar-refractivity contribution in [3.63, 3.8) is 0 Å². The predicted molar refractivity (Wildman–Crippen MR) is 102 cm³/mol. The summed E-state index contributed by atoms with van der Waals surface area (Å²) >= 11 is 3.17. The lowest BCUT2D eigenvalue weighted by atomic mass is 10.1. The van der Waals surface area contributed by atoms with Gasteiger partial charge in [-0.05, 0) is 71.2 Å². The van der Waals surface area contributed by atoms with Crippen molar-refractivity contribution in [1.82, 2.24) is 5.32 Å². The number of hydrogen-bond acceptors (Lipinski definition) is 3. The number of hydrazone groups is 1. The Balaban J connectivity index is 1.53. The second-order valence-electron chi connectivity index (χ2n) is 6.01. The molecule has 0 saturated heterocycles. The first-order valence-electron chi connectivity index (χ1n) is 8.17. The average Bonchev–Trinajstić information content (AvgIpc) is 3.04. The van der Waals surface area contributed by atoms with E-state index in [0.717, 1.165) is 29.9 Å². The molecule has 0 fully saturated rings. The number of anilines is 1. The standard InChI is InChI=1S/C19H19BrFN3O/c1-13-9-11-24(23-13)16-5-3-15(4-6-16)19(25)22-10-8-14-2-7-18(21)17(20)12-14/h2-7,12H,8-11H2,1H3,(H,22,25). The van der Waals surface area contributed by atoms with Gasteiger partial charge in [-0.3, -0.25) is 9.80 Å². The van der Waals surface area contributed by atoms with Gasteiger partial charge in [0.05, 0.1) is 10.2 Å². The van der Waals surface area contributed by atoms with E-state index < -0.39 is 0 Å². The minimum absolute atomic E-state index is 0.117. The number of benzene rings is 2. The molecule has 0 aromatic heterocycles. The zero-order chi connectivity index (χ0) is 17.8. The lowest BCUT2D eigenvalue weighted by molar-refractivity contribution is 0.0954. The summed E-state index contributed by atoms with van der Waals surface area (Å²) in [6, 6.07) is 12.3. The summed E-state index contributed by atoms with van der Waals surface area (Å²) in [5, 5.41) is 9.28. The van der Waals surface area contributed by atoms with Gasteiger partial charge < -0.3 is 5.32 Å². The minimum Gasteiger partial charge on any atom is -0.352 e. The molecule has 0 radical (unpaired) electrons. The maximum Gasteiger partial charge on any atom is 0.251 e. The first kappa shape index (κ1) is 17.6. The zero-order valence-electron chi connectivity index (χ0n) is 13.9. The van der Waals surface area contributed by atoms with E-state index in [1.165, 1.54) is 6.07 Å². The van der Waals surface area contributed by atoms with Crippen LogP contribution >= 0.6 is 15.9 Å². The summed E-state index contributed by atoms with van der Waals surface area (Å²) in [5.74, 6) is -0.403. The molecular formula is C19H19BrFN3O. The summed E-state index contributed by atoms with van der Waals surface area (Å²) in [6.07, 6.45) is 1.62. The summed E-state index contributed by atoms with van der Waals surface area (Å²) in [6.45, 7) is 3.39. The van der Waals surface area contributed by atoms with Crippen LogP contribution in [0.15, 0.2) is 52.0 Å². The van der Waals surface area contributed by atoms with Crippen LogP contribution in [0.5, 0.6) is 0 Å². The summed E-state index contributed by atoms with van der Waals surface area (Å²) < 4.78 is 13.6. The van der Waals surface area contributed by atoms with Crippen LogP contribution in [0.25, 0.3) is 0 Å². The number of halogens is 2. The van der Waals surface area contributed by atoms with Gasteiger partial charge in [0.25, 0.3) is 5.91 Å². The van der Waals surface area contributed by atoms with Gasteiger partial charge in [0.2, 0.25) is 0 Å². The Bertz CT molecular complexity index is 805. The fourth-order valence-electron chi connectivity index (χ4n) is 2.66. The number of amides is 1. The molecule has 0 unspecified atom stereocenters. The van der Waals surface area contributed by atoms with Crippen LogP contribution in [-0.4, -0.2) is 24.7 Å². The van der Waals surface area contributed by atoms with Crippen molar-refractivity contribution in [2.45, 2.75) is 19.8 Å². The molecule has 1 heterocycles. The smallest absolute Gasteiger partial charge is 0.251 e.